The van der Waals surface area contributed by atoms with Gasteiger partial charge < -0.3 is 0 Å². The summed E-state index contributed by atoms with van der Waals surface area (Å²) in [4.78, 5) is 0. The molecule has 0 aromatic carbocycles. The summed E-state index contributed by atoms with van der Waals surface area (Å²) in [5, 5.41) is 11.3. The lowest BCUT2D eigenvalue weighted by Gasteiger charge is -2.02. The Hall–Kier alpha value is -1.20. The fraction of sp³-hybridized carbons (Fsp3) is 0.300. The number of aromatic amines is 1. The van der Waals surface area contributed by atoms with Crippen molar-refractivity contribution in [3.8, 4) is 5.82 Å². The second-order valence-electron chi connectivity index (χ2n) is 3.75. The van der Waals surface area contributed by atoms with Crippen LogP contribution in [0.25, 0.3) is 5.82 Å². The second-order valence-corrected chi connectivity index (χ2v) is 4.56. The molecule has 2 rings (SSSR count). The van der Waals surface area contributed by atoms with Crippen molar-refractivity contribution in [3.63, 3.8) is 0 Å². The molecule has 0 saturated carbocycles. The van der Waals surface area contributed by atoms with Crippen molar-refractivity contribution < 1.29 is 0 Å². The minimum Gasteiger partial charge on any atom is -0.295 e. The predicted octanol–water partition coefficient (Wildman–Crippen LogP) is 3.10. The first-order chi connectivity index (χ1) is 7.58. The van der Waals surface area contributed by atoms with Gasteiger partial charge in [-0.05, 0) is 24.1 Å². The molecule has 2 heterocycles. The number of rotatable bonds is 2. The quantitative estimate of drug-likeness (QED) is 0.838. The van der Waals surface area contributed by atoms with Gasteiger partial charge >= 0.3 is 0 Å². The lowest BCUT2D eigenvalue weighted by atomic mass is 10.1. The van der Waals surface area contributed by atoms with Gasteiger partial charge in [-0.15, -0.1) is 10.2 Å². The Bertz CT molecular complexity index is 541. The predicted molar refractivity (Wildman–Crippen MR) is 65.6 cm³/mol. The number of hydrogen-bond donors (Lipinski definition) is 1. The van der Waals surface area contributed by atoms with Gasteiger partial charge in [0, 0.05) is 5.69 Å². The lowest BCUT2D eigenvalue weighted by Crippen LogP contribution is -2.02. The Morgan fingerprint density at radius 3 is 2.62 bits per heavy atom. The van der Waals surface area contributed by atoms with Crippen molar-refractivity contribution in [2.24, 2.45) is 0 Å². The third-order valence-electron chi connectivity index (χ3n) is 2.21. The third kappa shape index (κ3) is 2.15. The van der Waals surface area contributed by atoms with Crippen LogP contribution in [0.1, 0.15) is 25.5 Å². The van der Waals surface area contributed by atoms with Crippen molar-refractivity contribution >= 4 is 23.8 Å². The van der Waals surface area contributed by atoms with E-state index in [1.807, 2.05) is 6.07 Å². The minimum atomic E-state index is 0.367. The Labute approximate surface area is 103 Å². The molecule has 0 aliphatic rings. The summed E-state index contributed by atoms with van der Waals surface area (Å²) in [6.07, 6.45) is 0. The molecule has 0 atom stereocenters. The third-order valence-corrected chi connectivity index (χ3v) is 2.71. The largest absolute Gasteiger partial charge is 0.295 e. The van der Waals surface area contributed by atoms with Crippen LogP contribution >= 0.6 is 23.8 Å². The van der Waals surface area contributed by atoms with Crippen molar-refractivity contribution in [1.82, 2.24) is 20.0 Å². The van der Waals surface area contributed by atoms with Crippen molar-refractivity contribution in [3.05, 3.63) is 33.7 Å². The number of halogens is 1. The number of aromatic nitrogens is 4. The number of nitrogens with zero attached hydrogens (tertiary/aromatic N) is 3. The molecular weight excluding hydrogens is 244 g/mol. The SMILES string of the molecule is CC(C)c1cc(=S)n(-c2ccc(Cl)nn2)[nH]1. The van der Waals surface area contributed by atoms with E-state index in [2.05, 4.69) is 29.1 Å². The zero-order valence-electron chi connectivity index (χ0n) is 8.94. The first-order valence-electron chi connectivity index (χ1n) is 4.89. The molecule has 0 amide bonds. The summed E-state index contributed by atoms with van der Waals surface area (Å²) in [7, 11) is 0. The van der Waals surface area contributed by atoms with Crippen LogP contribution in [0, 0.1) is 4.64 Å². The van der Waals surface area contributed by atoms with Gasteiger partial charge in [0.15, 0.2) is 11.0 Å². The molecule has 0 fully saturated rings. The molecular formula is C10H11ClN4S. The van der Waals surface area contributed by atoms with Crippen molar-refractivity contribution in [2.75, 3.05) is 0 Å². The molecule has 6 heteroatoms. The van der Waals surface area contributed by atoms with E-state index in [0.29, 0.717) is 21.5 Å². The molecule has 0 aliphatic heterocycles. The van der Waals surface area contributed by atoms with E-state index in [-0.39, 0.29) is 0 Å². The van der Waals surface area contributed by atoms with Gasteiger partial charge in [0.25, 0.3) is 0 Å². The molecule has 16 heavy (non-hydrogen) atoms. The van der Waals surface area contributed by atoms with Crippen LogP contribution in [0.4, 0.5) is 0 Å². The van der Waals surface area contributed by atoms with E-state index >= 15 is 0 Å². The molecule has 0 bridgehead atoms. The first kappa shape index (κ1) is 11.3. The average Bonchev–Trinajstić information content (AvgIpc) is 2.62. The first-order valence-corrected chi connectivity index (χ1v) is 5.68. The number of H-pyrrole nitrogens is 1. The smallest absolute Gasteiger partial charge is 0.175 e. The van der Waals surface area contributed by atoms with Gasteiger partial charge in [-0.3, -0.25) is 5.10 Å². The van der Waals surface area contributed by atoms with Crippen molar-refractivity contribution in [1.29, 1.82) is 0 Å². The van der Waals surface area contributed by atoms with Gasteiger partial charge in [0.2, 0.25) is 0 Å². The summed E-state index contributed by atoms with van der Waals surface area (Å²) in [5.74, 6) is 1.03. The average molecular weight is 255 g/mol. The number of hydrogen-bond acceptors (Lipinski definition) is 3. The molecule has 2 aromatic rings. The maximum absolute atomic E-state index is 5.68. The van der Waals surface area contributed by atoms with E-state index in [4.69, 9.17) is 23.8 Å². The fourth-order valence-electron chi connectivity index (χ4n) is 1.31. The van der Waals surface area contributed by atoms with Crippen LogP contribution in [-0.2, 0) is 0 Å². The van der Waals surface area contributed by atoms with Crippen LogP contribution in [0.5, 0.6) is 0 Å². The highest BCUT2D eigenvalue weighted by Gasteiger charge is 2.06. The van der Waals surface area contributed by atoms with Gasteiger partial charge in [0.1, 0.15) is 4.64 Å². The van der Waals surface area contributed by atoms with E-state index < -0.39 is 0 Å². The molecule has 4 nitrogen and oxygen atoms in total. The summed E-state index contributed by atoms with van der Waals surface area (Å²) >= 11 is 10.9. The molecule has 84 valence electrons. The lowest BCUT2D eigenvalue weighted by molar-refractivity contribution is 0.744. The Morgan fingerprint density at radius 2 is 2.12 bits per heavy atom. The Balaban J connectivity index is 2.48. The fourth-order valence-corrected chi connectivity index (χ4v) is 1.68. The maximum Gasteiger partial charge on any atom is 0.175 e. The van der Waals surface area contributed by atoms with Crippen LogP contribution in [0.15, 0.2) is 18.2 Å². The Kier molecular flexibility index (Phi) is 3.07. The molecule has 0 spiro atoms. The van der Waals surface area contributed by atoms with Gasteiger partial charge in [0.05, 0.1) is 0 Å². The number of nitrogens with one attached hydrogen (secondary N) is 1. The molecule has 0 unspecified atom stereocenters. The molecule has 0 aliphatic carbocycles. The van der Waals surface area contributed by atoms with Crippen LogP contribution < -0.4 is 0 Å². The van der Waals surface area contributed by atoms with E-state index in [9.17, 15) is 0 Å². The highest BCUT2D eigenvalue weighted by atomic mass is 35.5. The maximum atomic E-state index is 5.68. The second kappa shape index (κ2) is 4.35. The summed E-state index contributed by atoms with van der Waals surface area (Å²) in [6, 6.07) is 5.38. The zero-order valence-corrected chi connectivity index (χ0v) is 10.5. The topological polar surface area (TPSA) is 46.5 Å². The van der Waals surface area contributed by atoms with E-state index in [0.717, 1.165) is 5.69 Å². The highest BCUT2D eigenvalue weighted by molar-refractivity contribution is 7.71. The molecule has 1 N–H and O–H groups in total. The van der Waals surface area contributed by atoms with Crippen LogP contribution in [-0.4, -0.2) is 20.0 Å². The summed E-state index contributed by atoms with van der Waals surface area (Å²) in [6.45, 7) is 4.19. The molecule has 2 aromatic heterocycles. The highest BCUT2D eigenvalue weighted by Crippen LogP contribution is 2.14. The van der Waals surface area contributed by atoms with Crippen LogP contribution in [0.3, 0.4) is 0 Å². The van der Waals surface area contributed by atoms with Crippen molar-refractivity contribution in [2.45, 2.75) is 19.8 Å². The monoisotopic (exact) mass is 254 g/mol. The molecule has 0 radical (unpaired) electrons. The molecule has 0 saturated heterocycles. The van der Waals surface area contributed by atoms with Gasteiger partial charge in [-0.1, -0.05) is 37.7 Å². The normalized spacial score (nSPS) is 11.0. The zero-order chi connectivity index (χ0) is 11.7. The van der Waals surface area contributed by atoms with E-state index in [1.54, 1.807) is 16.8 Å². The summed E-state index contributed by atoms with van der Waals surface area (Å²) < 4.78 is 2.40. The Morgan fingerprint density at radius 1 is 1.38 bits per heavy atom. The van der Waals surface area contributed by atoms with Gasteiger partial charge in [-0.25, -0.2) is 4.68 Å². The summed E-state index contributed by atoms with van der Waals surface area (Å²) in [5.41, 5.74) is 1.07. The standard InChI is InChI=1S/C10H11ClN4S/c1-6(2)7-5-10(16)15(14-7)9-4-3-8(11)12-13-9/h3-6,14H,1-2H3. The van der Waals surface area contributed by atoms with Gasteiger partial charge in [-0.2, -0.15) is 0 Å². The van der Waals surface area contributed by atoms with Crippen LogP contribution in [0.2, 0.25) is 5.15 Å². The van der Waals surface area contributed by atoms with E-state index in [1.165, 1.54) is 0 Å². The minimum absolute atomic E-state index is 0.367.